The summed E-state index contributed by atoms with van der Waals surface area (Å²) in [6.07, 6.45) is 14.2. The molecule has 0 spiro atoms. The topological polar surface area (TPSA) is 3.24 Å². The Morgan fingerprint density at radius 3 is 1.95 bits per heavy atom. The molecule has 0 atom stereocenters. The van der Waals surface area contributed by atoms with Crippen LogP contribution in [0.15, 0.2) is 9.67 Å². The maximum atomic E-state index is 2.70. The molecular formula is C19H39NSn. The summed E-state index contributed by atoms with van der Waals surface area (Å²) < 4.78 is 6.95. The van der Waals surface area contributed by atoms with Gasteiger partial charge in [0.2, 0.25) is 0 Å². The van der Waals surface area contributed by atoms with Crippen LogP contribution >= 0.6 is 0 Å². The van der Waals surface area contributed by atoms with E-state index in [1.54, 1.807) is 13.3 Å². The molecule has 0 radical (unpaired) electrons. The molecule has 0 saturated carbocycles. The van der Waals surface area contributed by atoms with Gasteiger partial charge in [0, 0.05) is 0 Å². The van der Waals surface area contributed by atoms with Gasteiger partial charge >= 0.3 is 139 Å². The number of nitrogens with zero attached hydrogens (tertiary/aromatic N) is 1. The molecule has 0 saturated heterocycles. The average Bonchev–Trinajstić information content (AvgIpc) is 2.72. The second-order valence-electron chi connectivity index (χ2n) is 7.19. The van der Waals surface area contributed by atoms with Gasteiger partial charge in [0.15, 0.2) is 0 Å². The minimum atomic E-state index is -2.07. The van der Waals surface area contributed by atoms with Crippen molar-refractivity contribution in [3.63, 3.8) is 0 Å². The summed E-state index contributed by atoms with van der Waals surface area (Å²) in [5, 5.41) is 0. The average molecular weight is 400 g/mol. The fraction of sp³-hybridized carbons (Fsp3) is 0.895. The monoisotopic (exact) mass is 401 g/mol. The van der Waals surface area contributed by atoms with E-state index in [-0.39, 0.29) is 0 Å². The molecule has 0 N–H and O–H groups in total. The molecule has 124 valence electrons. The Kier molecular flexibility index (Phi) is 10.3. The van der Waals surface area contributed by atoms with Gasteiger partial charge in [-0.15, -0.1) is 0 Å². The Hall–Kier alpha value is 0.499. The Labute approximate surface area is 138 Å². The summed E-state index contributed by atoms with van der Waals surface area (Å²) in [6.45, 7) is 9.66. The van der Waals surface area contributed by atoms with Crippen molar-refractivity contribution in [3.05, 3.63) is 9.67 Å². The van der Waals surface area contributed by atoms with Crippen LogP contribution in [0.5, 0.6) is 0 Å². The van der Waals surface area contributed by atoms with Crippen LogP contribution in [0.3, 0.4) is 0 Å². The number of hydrogen-bond acceptors (Lipinski definition) is 1. The third-order valence-corrected chi connectivity index (χ3v) is 21.7. The van der Waals surface area contributed by atoms with Gasteiger partial charge in [0.05, 0.1) is 0 Å². The Morgan fingerprint density at radius 1 is 0.952 bits per heavy atom. The van der Waals surface area contributed by atoms with Crippen molar-refractivity contribution in [1.82, 2.24) is 4.90 Å². The van der Waals surface area contributed by atoms with E-state index in [0.29, 0.717) is 0 Å². The van der Waals surface area contributed by atoms with Crippen LogP contribution in [0.2, 0.25) is 13.3 Å². The zero-order chi connectivity index (χ0) is 15.6. The van der Waals surface area contributed by atoms with Gasteiger partial charge in [-0.1, -0.05) is 0 Å². The Morgan fingerprint density at radius 2 is 1.48 bits per heavy atom. The van der Waals surface area contributed by atoms with Gasteiger partial charge in [-0.25, -0.2) is 0 Å². The quantitative estimate of drug-likeness (QED) is 0.405. The molecule has 0 aromatic heterocycles. The summed E-state index contributed by atoms with van der Waals surface area (Å²) in [6, 6.07) is 0. The summed E-state index contributed by atoms with van der Waals surface area (Å²) in [5.74, 6) is 0. The van der Waals surface area contributed by atoms with Crippen LogP contribution in [0.25, 0.3) is 0 Å². The fourth-order valence-corrected chi connectivity index (χ4v) is 21.1. The zero-order valence-electron chi connectivity index (χ0n) is 15.2. The number of unbranched alkanes of at least 4 members (excludes halogenated alkanes) is 3. The van der Waals surface area contributed by atoms with E-state index in [1.807, 2.05) is 3.59 Å². The van der Waals surface area contributed by atoms with Crippen molar-refractivity contribution in [2.75, 3.05) is 20.1 Å². The molecule has 0 unspecified atom stereocenters. The van der Waals surface area contributed by atoms with Gasteiger partial charge in [-0.2, -0.15) is 0 Å². The van der Waals surface area contributed by atoms with Gasteiger partial charge < -0.3 is 0 Å². The summed E-state index contributed by atoms with van der Waals surface area (Å²) in [7, 11) is 2.29. The van der Waals surface area contributed by atoms with E-state index >= 15 is 0 Å². The molecule has 0 bridgehead atoms. The Balaban J connectivity index is 2.92. The number of allylic oxidation sites excluding steroid dienone is 1. The standard InChI is InChI=1S/C7H12N.3C4H9.Sn/c1-8-6-4-2-3-5-7-8;3*1-3-4-2;/h5H,2,4,6-7H2,1H3;3*1,3-4H2,2H3;. The van der Waals surface area contributed by atoms with Gasteiger partial charge in [-0.05, 0) is 0 Å². The van der Waals surface area contributed by atoms with Crippen LogP contribution in [0, 0.1) is 0 Å². The summed E-state index contributed by atoms with van der Waals surface area (Å²) >= 11 is -2.07. The predicted molar refractivity (Wildman–Crippen MR) is 99.7 cm³/mol. The zero-order valence-corrected chi connectivity index (χ0v) is 18.1. The molecule has 2 heteroatoms. The van der Waals surface area contributed by atoms with E-state index < -0.39 is 18.4 Å². The van der Waals surface area contributed by atoms with Crippen LogP contribution in [-0.4, -0.2) is 43.4 Å². The molecule has 1 nitrogen and oxygen atoms in total. The number of likely N-dealkylation sites (N-methyl/N-ethyl adjacent to an activating group) is 1. The van der Waals surface area contributed by atoms with Crippen molar-refractivity contribution in [2.45, 2.75) is 85.4 Å². The van der Waals surface area contributed by atoms with Crippen molar-refractivity contribution in [1.29, 1.82) is 0 Å². The normalized spacial score (nSPS) is 17.6. The molecule has 0 aliphatic carbocycles. The van der Waals surface area contributed by atoms with E-state index in [2.05, 4.69) is 38.8 Å². The summed E-state index contributed by atoms with van der Waals surface area (Å²) in [5.41, 5.74) is 0. The predicted octanol–water partition coefficient (Wildman–Crippen LogP) is 6.03. The first-order chi connectivity index (χ1) is 10.2. The SMILES string of the molecule is CCC[CH2][Sn]([CH2]CCC)([CH2]CCC)[C]1=CCN(C)CCC1. The van der Waals surface area contributed by atoms with E-state index in [9.17, 15) is 0 Å². The van der Waals surface area contributed by atoms with Gasteiger partial charge in [-0.3, -0.25) is 0 Å². The molecule has 21 heavy (non-hydrogen) atoms. The second kappa shape index (κ2) is 11.1. The summed E-state index contributed by atoms with van der Waals surface area (Å²) in [4.78, 5) is 2.52. The van der Waals surface area contributed by atoms with E-state index in [4.69, 9.17) is 0 Å². The van der Waals surface area contributed by atoms with Gasteiger partial charge in [0.1, 0.15) is 0 Å². The number of rotatable bonds is 10. The van der Waals surface area contributed by atoms with E-state index in [0.717, 1.165) is 0 Å². The van der Waals surface area contributed by atoms with Crippen molar-refractivity contribution >= 4 is 18.4 Å². The molecular weight excluding hydrogens is 361 g/mol. The van der Waals surface area contributed by atoms with Crippen LogP contribution < -0.4 is 0 Å². The molecule has 1 aliphatic rings. The molecule has 0 aromatic carbocycles. The molecule has 1 heterocycles. The Bertz CT molecular complexity index is 276. The molecule has 0 aromatic rings. The first-order valence-corrected chi connectivity index (χ1v) is 17.0. The fourth-order valence-electron chi connectivity index (χ4n) is 3.88. The molecule has 1 aliphatic heterocycles. The van der Waals surface area contributed by atoms with Crippen molar-refractivity contribution in [2.24, 2.45) is 0 Å². The number of hydrogen-bond donors (Lipinski definition) is 0. The van der Waals surface area contributed by atoms with E-state index in [1.165, 1.54) is 64.5 Å². The van der Waals surface area contributed by atoms with Crippen molar-refractivity contribution < 1.29 is 0 Å². The maximum absolute atomic E-state index is 2.70. The first-order valence-electron chi connectivity index (χ1n) is 9.56. The third kappa shape index (κ3) is 6.64. The van der Waals surface area contributed by atoms with Gasteiger partial charge in [0.25, 0.3) is 0 Å². The van der Waals surface area contributed by atoms with Crippen LogP contribution in [0.1, 0.15) is 72.1 Å². The minimum absolute atomic E-state index is 1.22. The first kappa shape index (κ1) is 19.5. The van der Waals surface area contributed by atoms with Crippen molar-refractivity contribution in [3.8, 4) is 0 Å². The second-order valence-corrected chi connectivity index (χ2v) is 20.6. The third-order valence-electron chi connectivity index (χ3n) is 5.34. The van der Waals surface area contributed by atoms with Crippen LogP contribution in [0.4, 0.5) is 0 Å². The molecule has 0 amide bonds. The molecule has 0 fully saturated rings. The molecule has 1 rings (SSSR count). The van der Waals surface area contributed by atoms with Crippen LogP contribution in [-0.2, 0) is 0 Å².